The molecule has 0 bridgehead atoms. The number of aromatic nitrogens is 4. The van der Waals surface area contributed by atoms with Crippen molar-refractivity contribution in [2.45, 2.75) is 32.0 Å². The topological polar surface area (TPSA) is 72.7 Å². The molecule has 0 aliphatic rings. The lowest BCUT2D eigenvalue weighted by Gasteiger charge is -2.06. The van der Waals surface area contributed by atoms with E-state index in [0.717, 1.165) is 17.3 Å². The van der Waals surface area contributed by atoms with E-state index in [2.05, 4.69) is 30.4 Å². The van der Waals surface area contributed by atoms with Gasteiger partial charge in [0.25, 0.3) is 5.56 Å². The first-order valence-corrected chi connectivity index (χ1v) is 7.87. The van der Waals surface area contributed by atoms with Gasteiger partial charge < -0.3 is 4.57 Å². The molecule has 1 N–H and O–H groups in total. The van der Waals surface area contributed by atoms with Gasteiger partial charge in [-0.1, -0.05) is 31.7 Å². The fourth-order valence-electron chi connectivity index (χ4n) is 2.01. The number of aromatic amines is 1. The largest absolute Gasteiger partial charge is 0.329 e. The van der Waals surface area contributed by atoms with Crippen LogP contribution in [-0.4, -0.2) is 24.9 Å². The maximum Gasteiger partial charge on any atom is 0.329 e. The Morgan fingerprint density at radius 1 is 1.43 bits per heavy atom. The summed E-state index contributed by atoms with van der Waals surface area (Å²) in [5.41, 5.74) is -0.0191. The molecular weight excluding hydrogens is 288 g/mol. The highest BCUT2D eigenvalue weighted by molar-refractivity contribution is 7.99. The summed E-state index contributed by atoms with van der Waals surface area (Å²) in [5.74, 6) is 1.53. The molecule has 0 fully saturated rings. The minimum absolute atomic E-state index is 0.404. The number of fused-ring (bicyclic) bond motifs is 1. The Morgan fingerprint density at radius 3 is 2.76 bits per heavy atom. The van der Waals surface area contributed by atoms with Gasteiger partial charge in [-0.15, -0.1) is 6.58 Å². The number of allylic oxidation sites excluding steroid dienone is 1. The number of imidazole rings is 1. The van der Waals surface area contributed by atoms with Crippen molar-refractivity contribution in [2.24, 2.45) is 13.0 Å². The van der Waals surface area contributed by atoms with Gasteiger partial charge in [0.05, 0.1) is 0 Å². The molecule has 2 heterocycles. The first-order chi connectivity index (χ1) is 9.95. The molecule has 6 nitrogen and oxygen atoms in total. The van der Waals surface area contributed by atoms with Crippen LogP contribution in [0.2, 0.25) is 0 Å². The molecule has 21 heavy (non-hydrogen) atoms. The molecule has 114 valence electrons. The van der Waals surface area contributed by atoms with Crippen LogP contribution < -0.4 is 11.2 Å². The molecule has 0 spiro atoms. The third-order valence-electron chi connectivity index (χ3n) is 3.21. The van der Waals surface area contributed by atoms with E-state index < -0.39 is 11.2 Å². The molecule has 0 aliphatic carbocycles. The number of thioether (sulfide) groups is 1. The van der Waals surface area contributed by atoms with Crippen molar-refractivity contribution < 1.29 is 0 Å². The molecular formula is C14H20N4O2S. The van der Waals surface area contributed by atoms with Crippen molar-refractivity contribution >= 4 is 22.9 Å². The highest BCUT2D eigenvalue weighted by Crippen LogP contribution is 2.23. The maximum atomic E-state index is 12.1. The fourth-order valence-corrected chi connectivity index (χ4v) is 3.25. The van der Waals surface area contributed by atoms with Crippen LogP contribution in [0.4, 0.5) is 0 Å². The van der Waals surface area contributed by atoms with Gasteiger partial charge in [0.15, 0.2) is 16.3 Å². The van der Waals surface area contributed by atoms with E-state index in [0.29, 0.717) is 23.6 Å². The van der Waals surface area contributed by atoms with Crippen molar-refractivity contribution in [3.05, 3.63) is 33.5 Å². The second-order valence-corrected chi connectivity index (χ2v) is 6.38. The first-order valence-electron chi connectivity index (χ1n) is 6.89. The van der Waals surface area contributed by atoms with Crippen LogP contribution in [0.1, 0.15) is 20.3 Å². The number of hydrogen-bond donors (Lipinski definition) is 1. The summed E-state index contributed by atoms with van der Waals surface area (Å²) >= 11 is 1.60. The first kappa shape index (κ1) is 15.6. The molecule has 2 rings (SSSR count). The second kappa shape index (κ2) is 6.34. The van der Waals surface area contributed by atoms with Crippen LogP contribution >= 0.6 is 11.8 Å². The van der Waals surface area contributed by atoms with E-state index in [4.69, 9.17) is 0 Å². The van der Waals surface area contributed by atoms with E-state index >= 15 is 0 Å². The van der Waals surface area contributed by atoms with E-state index in [1.54, 1.807) is 24.9 Å². The van der Waals surface area contributed by atoms with Gasteiger partial charge in [0.1, 0.15) is 0 Å². The second-order valence-electron chi connectivity index (χ2n) is 5.32. The summed E-state index contributed by atoms with van der Waals surface area (Å²) in [7, 11) is 1.61. The van der Waals surface area contributed by atoms with Crippen LogP contribution in [0.15, 0.2) is 27.4 Å². The van der Waals surface area contributed by atoms with Gasteiger partial charge >= 0.3 is 5.69 Å². The summed E-state index contributed by atoms with van der Waals surface area (Å²) in [5, 5.41) is 0.747. The van der Waals surface area contributed by atoms with Gasteiger partial charge in [-0.05, 0) is 12.3 Å². The van der Waals surface area contributed by atoms with Crippen molar-refractivity contribution in [2.75, 3.05) is 5.75 Å². The molecule has 0 amide bonds. The maximum absolute atomic E-state index is 12.1. The molecule has 0 aliphatic heterocycles. The normalized spacial score (nSPS) is 11.4. The Labute approximate surface area is 126 Å². The predicted octanol–water partition coefficient (Wildman–Crippen LogP) is 1.75. The van der Waals surface area contributed by atoms with E-state index in [9.17, 15) is 9.59 Å². The Balaban J connectivity index is 2.54. The Kier molecular flexibility index (Phi) is 4.72. The van der Waals surface area contributed by atoms with Gasteiger partial charge in [-0.25, -0.2) is 9.78 Å². The molecule has 0 atom stereocenters. The monoisotopic (exact) mass is 308 g/mol. The van der Waals surface area contributed by atoms with Crippen molar-refractivity contribution in [3.63, 3.8) is 0 Å². The highest BCUT2D eigenvalue weighted by Gasteiger charge is 2.16. The number of hydrogen-bond acceptors (Lipinski definition) is 4. The number of H-pyrrole nitrogens is 1. The summed E-state index contributed by atoms with van der Waals surface area (Å²) in [4.78, 5) is 30.5. The minimum Gasteiger partial charge on any atom is -0.309 e. The third kappa shape index (κ3) is 3.12. The SMILES string of the molecule is C=CCn1c(SCCC(C)C)nc2c1c(=O)[nH]c(=O)n2C. The van der Waals surface area contributed by atoms with E-state index in [-0.39, 0.29) is 0 Å². The molecule has 0 aromatic carbocycles. The van der Waals surface area contributed by atoms with Crippen molar-refractivity contribution in [3.8, 4) is 0 Å². The average molecular weight is 308 g/mol. The van der Waals surface area contributed by atoms with E-state index in [1.807, 2.05) is 4.57 Å². The molecule has 0 unspecified atom stereocenters. The standard InChI is InChI=1S/C14H20N4O2S/c1-5-7-18-10-11(17(4)13(20)16-12(10)19)15-14(18)21-8-6-9(2)3/h5,9H,1,6-8H2,2-4H3,(H,16,19,20). The minimum atomic E-state index is -0.450. The molecule has 0 saturated carbocycles. The van der Waals surface area contributed by atoms with Crippen molar-refractivity contribution in [1.29, 1.82) is 0 Å². The Morgan fingerprint density at radius 2 is 2.14 bits per heavy atom. The number of aryl methyl sites for hydroxylation is 1. The molecule has 2 aromatic rings. The quantitative estimate of drug-likeness (QED) is 0.652. The van der Waals surface area contributed by atoms with Crippen LogP contribution in [0.3, 0.4) is 0 Å². The smallest absolute Gasteiger partial charge is 0.309 e. The zero-order chi connectivity index (χ0) is 15.6. The zero-order valence-electron chi connectivity index (χ0n) is 12.5. The van der Waals surface area contributed by atoms with E-state index in [1.165, 1.54) is 4.57 Å². The Bertz CT molecular complexity index is 770. The summed E-state index contributed by atoms with van der Waals surface area (Å²) in [6.45, 7) is 8.55. The Hall–Kier alpha value is -1.76. The van der Waals surface area contributed by atoms with Gasteiger partial charge in [0.2, 0.25) is 0 Å². The van der Waals surface area contributed by atoms with Crippen LogP contribution in [0.5, 0.6) is 0 Å². The average Bonchev–Trinajstić information content (AvgIpc) is 2.76. The summed E-state index contributed by atoms with van der Waals surface area (Å²) < 4.78 is 3.18. The fraction of sp³-hybridized carbons (Fsp3) is 0.500. The summed E-state index contributed by atoms with van der Waals surface area (Å²) in [6.07, 6.45) is 2.79. The zero-order valence-corrected chi connectivity index (χ0v) is 13.4. The van der Waals surface area contributed by atoms with Crippen LogP contribution in [-0.2, 0) is 13.6 Å². The number of nitrogens with one attached hydrogen (secondary N) is 1. The lowest BCUT2D eigenvalue weighted by molar-refractivity contribution is 0.630. The van der Waals surface area contributed by atoms with Gasteiger partial charge in [-0.2, -0.15) is 0 Å². The molecule has 2 aromatic heterocycles. The highest BCUT2D eigenvalue weighted by atomic mass is 32.2. The van der Waals surface area contributed by atoms with Gasteiger partial charge in [0, 0.05) is 19.3 Å². The van der Waals surface area contributed by atoms with Crippen LogP contribution in [0.25, 0.3) is 11.2 Å². The number of rotatable bonds is 6. The predicted molar refractivity (Wildman–Crippen MR) is 86.0 cm³/mol. The lowest BCUT2D eigenvalue weighted by atomic mass is 10.2. The molecule has 7 heteroatoms. The third-order valence-corrected chi connectivity index (χ3v) is 4.22. The van der Waals surface area contributed by atoms with Crippen molar-refractivity contribution in [1.82, 2.24) is 19.1 Å². The summed E-state index contributed by atoms with van der Waals surface area (Å²) in [6, 6.07) is 0. The lowest BCUT2D eigenvalue weighted by Crippen LogP contribution is -2.29. The van der Waals surface area contributed by atoms with Gasteiger partial charge in [-0.3, -0.25) is 14.3 Å². The number of nitrogens with zero attached hydrogens (tertiary/aromatic N) is 3. The molecule has 0 radical (unpaired) electrons. The van der Waals surface area contributed by atoms with Crippen LogP contribution in [0, 0.1) is 5.92 Å². The molecule has 0 saturated heterocycles.